The SMILES string of the molecule is CC(C)n1nc(N2C[C@H](CS(C)(=O)=O)[C@H]2C)c2cnc(Nc3ccnc(N4CC[C@@](C)(O)[C@@H](F)C4)n3)cc21. The van der Waals surface area contributed by atoms with Gasteiger partial charge < -0.3 is 20.2 Å². The summed E-state index contributed by atoms with van der Waals surface area (Å²) in [6.45, 7) is 8.77. The van der Waals surface area contributed by atoms with E-state index in [-0.39, 0.29) is 30.3 Å². The first kappa shape index (κ1) is 26.5. The number of rotatable bonds is 7. The fourth-order valence-corrected chi connectivity index (χ4v) is 6.28. The fraction of sp³-hybridized carbons (Fsp3) is 0.600. The van der Waals surface area contributed by atoms with Crippen molar-refractivity contribution >= 4 is 44.1 Å². The van der Waals surface area contributed by atoms with Crippen LogP contribution in [0.5, 0.6) is 0 Å². The zero-order valence-electron chi connectivity index (χ0n) is 22.3. The first-order chi connectivity index (χ1) is 17.8. The lowest BCUT2D eigenvalue weighted by Gasteiger charge is -2.46. The molecule has 3 aromatic rings. The summed E-state index contributed by atoms with van der Waals surface area (Å²) < 4.78 is 39.9. The lowest BCUT2D eigenvalue weighted by Crippen LogP contribution is -2.57. The molecule has 5 rings (SSSR count). The quantitative estimate of drug-likeness (QED) is 0.456. The van der Waals surface area contributed by atoms with Crippen LogP contribution in [0.2, 0.25) is 0 Å². The highest BCUT2D eigenvalue weighted by molar-refractivity contribution is 7.90. The smallest absolute Gasteiger partial charge is 0.227 e. The Morgan fingerprint density at radius 3 is 2.68 bits per heavy atom. The van der Waals surface area contributed by atoms with E-state index in [9.17, 15) is 17.9 Å². The number of fused-ring (bicyclic) bond motifs is 1. The summed E-state index contributed by atoms with van der Waals surface area (Å²) in [5.41, 5.74) is -0.439. The standard InChI is InChI=1S/C25H35FN8O3S/c1-15(2)34-19-10-22(28-11-18(19)23(31-34)33-12-17(16(33)3)14-38(5,36)37)29-21-6-8-27-24(30-21)32-9-7-25(4,35)20(26)13-32/h6,8,10-11,15-17,20,35H,7,9,12-14H2,1-5H3,(H,27,28,29,30)/t16-,17-,20+,25-/m1/s1. The van der Waals surface area contributed by atoms with E-state index in [0.29, 0.717) is 37.1 Å². The minimum absolute atomic E-state index is 0.0248. The highest BCUT2D eigenvalue weighted by Crippen LogP contribution is 2.37. The van der Waals surface area contributed by atoms with Crippen LogP contribution >= 0.6 is 0 Å². The lowest BCUT2D eigenvalue weighted by atomic mass is 9.91. The van der Waals surface area contributed by atoms with Crippen molar-refractivity contribution < 1.29 is 17.9 Å². The van der Waals surface area contributed by atoms with Crippen molar-refractivity contribution in [3.8, 4) is 0 Å². The Labute approximate surface area is 222 Å². The van der Waals surface area contributed by atoms with Crippen molar-refractivity contribution in [3.63, 3.8) is 0 Å². The van der Waals surface area contributed by atoms with Crippen molar-refractivity contribution in [1.82, 2.24) is 24.7 Å². The third-order valence-electron chi connectivity index (χ3n) is 7.58. The summed E-state index contributed by atoms with van der Waals surface area (Å²) in [6.07, 6.45) is 3.57. The fourth-order valence-electron chi connectivity index (χ4n) is 5.12. The summed E-state index contributed by atoms with van der Waals surface area (Å²) in [7, 11) is -3.04. The van der Waals surface area contributed by atoms with E-state index >= 15 is 0 Å². The van der Waals surface area contributed by atoms with E-state index < -0.39 is 21.6 Å². The largest absolute Gasteiger partial charge is 0.387 e. The van der Waals surface area contributed by atoms with Gasteiger partial charge in [-0.15, -0.1) is 0 Å². The second-order valence-corrected chi connectivity index (χ2v) is 13.3. The van der Waals surface area contributed by atoms with E-state index in [1.165, 1.54) is 13.2 Å². The highest BCUT2D eigenvalue weighted by atomic mass is 32.2. The molecule has 11 nitrogen and oxygen atoms in total. The molecule has 3 aromatic heterocycles. The highest BCUT2D eigenvalue weighted by Gasteiger charge is 2.40. The van der Waals surface area contributed by atoms with Gasteiger partial charge in [-0.2, -0.15) is 10.1 Å². The van der Waals surface area contributed by atoms with Crippen LogP contribution in [0, 0.1) is 5.92 Å². The molecule has 0 aliphatic carbocycles. The number of sulfone groups is 1. The average Bonchev–Trinajstić information content (AvgIpc) is 3.21. The molecule has 0 bridgehead atoms. The number of pyridine rings is 1. The maximum Gasteiger partial charge on any atom is 0.227 e. The van der Waals surface area contributed by atoms with Crippen LogP contribution in [0.3, 0.4) is 0 Å². The van der Waals surface area contributed by atoms with Gasteiger partial charge >= 0.3 is 0 Å². The third-order valence-corrected chi connectivity index (χ3v) is 8.61. The Hall–Kier alpha value is -3.06. The van der Waals surface area contributed by atoms with Crippen molar-refractivity contribution in [2.75, 3.05) is 46.8 Å². The molecule has 2 fully saturated rings. The van der Waals surface area contributed by atoms with Gasteiger partial charge in [-0.1, -0.05) is 0 Å². The average molecular weight is 547 g/mol. The Balaban J connectivity index is 1.38. The number of nitrogens with one attached hydrogen (secondary N) is 1. The minimum atomic E-state index is -3.04. The second-order valence-electron chi connectivity index (χ2n) is 11.1. The predicted molar refractivity (Wildman–Crippen MR) is 146 cm³/mol. The van der Waals surface area contributed by atoms with E-state index in [0.717, 1.165) is 16.7 Å². The van der Waals surface area contributed by atoms with Gasteiger partial charge in [0.1, 0.15) is 27.6 Å². The summed E-state index contributed by atoms with van der Waals surface area (Å²) in [5, 5.41) is 19.1. The number of hydrogen-bond donors (Lipinski definition) is 2. The molecule has 206 valence electrons. The van der Waals surface area contributed by atoms with Crippen LogP contribution in [0.1, 0.15) is 40.2 Å². The molecule has 5 heterocycles. The number of piperidine rings is 1. The van der Waals surface area contributed by atoms with Gasteiger partial charge in [0.05, 0.1) is 28.8 Å². The summed E-state index contributed by atoms with van der Waals surface area (Å²) in [5.74, 6) is 2.53. The molecule has 13 heteroatoms. The Kier molecular flexibility index (Phi) is 6.70. The van der Waals surface area contributed by atoms with Crippen molar-refractivity contribution in [1.29, 1.82) is 0 Å². The Bertz CT molecular complexity index is 1440. The van der Waals surface area contributed by atoms with Crippen LogP contribution in [0.4, 0.5) is 27.8 Å². The lowest BCUT2D eigenvalue weighted by molar-refractivity contribution is -0.0332. The summed E-state index contributed by atoms with van der Waals surface area (Å²) >= 11 is 0. The van der Waals surface area contributed by atoms with Crippen molar-refractivity contribution in [2.24, 2.45) is 5.92 Å². The zero-order valence-corrected chi connectivity index (χ0v) is 23.2. The molecular formula is C25H35FN8O3S. The number of aliphatic hydroxyl groups is 1. The van der Waals surface area contributed by atoms with Crippen LogP contribution in [0.15, 0.2) is 24.5 Å². The second kappa shape index (κ2) is 9.60. The zero-order chi connectivity index (χ0) is 27.4. The van der Waals surface area contributed by atoms with Gasteiger partial charge in [-0.3, -0.25) is 4.68 Å². The number of alkyl halides is 1. The first-order valence-corrected chi connectivity index (χ1v) is 14.9. The van der Waals surface area contributed by atoms with Crippen LogP contribution in [-0.2, 0) is 9.84 Å². The molecule has 0 radical (unpaired) electrons. The van der Waals surface area contributed by atoms with Gasteiger partial charge in [0, 0.05) is 55.8 Å². The Morgan fingerprint density at radius 1 is 1.26 bits per heavy atom. The molecule has 0 spiro atoms. The van der Waals surface area contributed by atoms with Gasteiger partial charge in [0.25, 0.3) is 0 Å². The molecule has 0 amide bonds. The molecule has 38 heavy (non-hydrogen) atoms. The van der Waals surface area contributed by atoms with Gasteiger partial charge in [-0.05, 0) is 40.2 Å². The van der Waals surface area contributed by atoms with Crippen LogP contribution in [0.25, 0.3) is 10.9 Å². The number of aromatic nitrogens is 5. The molecule has 0 saturated carbocycles. The topological polar surface area (TPSA) is 129 Å². The molecule has 2 saturated heterocycles. The minimum Gasteiger partial charge on any atom is -0.387 e. The molecule has 2 N–H and O–H groups in total. The monoisotopic (exact) mass is 546 g/mol. The van der Waals surface area contributed by atoms with Gasteiger partial charge in [0.15, 0.2) is 5.82 Å². The maximum atomic E-state index is 14.4. The molecular weight excluding hydrogens is 511 g/mol. The molecule has 2 aliphatic heterocycles. The van der Waals surface area contributed by atoms with Gasteiger partial charge in [-0.25, -0.2) is 22.8 Å². The van der Waals surface area contributed by atoms with Crippen LogP contribution in [-0.4, -0.2) is 87.7 Å². The molecule has 2 aliphatic rings. The number of anilines is 4. The van der Waals surface area contributed by atoms with E-state index in [2.05, 4.69) is 39.0 Å². The molecule has 0 aromatic carbocycles. The first-order valence-electron chi connectivity index (χ1n) is 12.9. The molecule has 0 unspecified atom stereocenters. The number of nitrogens with zero attached hydrogens (tertiary/aromatic N) is 7. The summed E-state index contributed by atoms with van der Waals surface area (Å²) in [6, 6.07) is 3.79. The Morgan fingerprint density at radius 2 is 2.03 bits per heavy atom. The van der Waals surface area contributed by atoms with Crippen LogP contribution < -0.4 is 15.1 Å². The van der Waals surface area contributed by atoms with Crippen molar-refractivity contribution in [2.45, 2.75) is 58.0 Å². The van der Waals surface area contributed by atoms with E-state index in [4.69, 9.17) is 5.10 Å². The summed E-state index contributed by atoms with van der Waals surface area (Å²) in [4.78, 5) is 17.3. The molecule has 4 atom stereocenters. The van der Waals surface area contributed by atoms with Crippen molar-refractivity contribution in [3.05, 3.63) is 24.5 Å². The predicted octanol–water partition coefficient (Wildman–Crippen LogP) is 2.71. The van der Waals surface area contributed by atoms with E-state index in [1.54, 1.807) is 23.4 Å². The third kappa shape index (κ3) is 5.13. The maximum absolute atomic E-state index is 14.4. The number of hydrogen-bond acceptors (Lipinski definition) is 10. The number of halogens is 1. The normalized spacial score (nSPS) is 26.2. The van der Waals surface area contributed by atoms with E-state index in [1.807, 2.05) is 17.7 Å². The van der Waals surface area contributed by atoms with Gasteiger partial charge in [0.2, 0.25) is 5.95 Å².